The Hall–Kier alpha value is -1.45. The first kappa shape index (κ1) is 14.0. The molecule has 0 saturated heterocycles. The summed E-state index contributed by atoms with van der Waals surface area (Å²) in [4.78, 5) is 0. The van der Waals surface area contributed by atoms with Crippen LogP contribution >= 0.6 is 11.6 Å². The van der Waals surface area contributed by atoms with E-state index in [1.165, 1.54) is 30.3 Å². The first-order valence-corrected chi connectivity index (χ1v) is 6.24. The first-order chi connectivity index (χ1) is 8.99. The van der Waals surface area contributed by atoms with Gasteiger partial charge in [0, 0.05) is 17.0 Å². The predicted octanol–water partition coefficient (Wildman–Crippen LogP) is 4.20. The summed E-state index contributed by atoms with van der Waals surface area (Å²) in [6.07, 6.45) is -0.987. The van der Waals surface area contributed by atoms with E-state index in [0.717, 1.165) is 5.56 Å². The van der Waals surface area contributed by atoms with Gasteiger partial charge >= 0.3 is 0 Å². The van der Waals surface area contributed by atoms with E-state index < -0.39 is 11.9 Å². The van der Waals surface area contributed by atoms with E-state index >= 15 is 0 Å². The standard InChI is InChI=1S/C15H13ClF2O/c1-9-5-6-11(17)7-10(9)8-14(19)15-12(16)3-2-4-13(15)18/h2-7,14,19H,8H2,1H3. The van der Waals surface area contributed by atoms with Crippen LogP contribution < -0.4 is 0 Å². The average Bonchev–Trinajstić information content (AvgIpc) is 2.33. The van der Waals surface area contributed by atoms with Gasteiger partial charge in [-0.25, -0.2) is 8.78 Å². The monoisotopic (exact) mass is 282 g/mol. The largest absolute Gasteiger partial charge is 0.388 e. The van der Waals surface area contributed by atoms with E-state index in [0.29, 0.717) is 5.56 Å². The summed E-state index contributed by atoms with van der Waals surface area (Å²) < 4.78 is 26.8. The fraction of sp³-hybridized carbons (Fsp3) is 0.200. The van der Waals surface area contributed by atoms with Crippen molar-refractivity contribution in [3.63, 3.8) is 0 Å². The summed E-state index contributed by atoms with van der Waals surface area (Å²) in [6, 6.07) is 8.54. The fourth-order valence-corrected chi connectivity index (χ4v) is 2.29. The van der Waals surface area contributed by atoms with Gasteiger partial charge < -0.3 is 5.11 Å². The van der Waals surface area contributed by atoms with Gasteiger partial charge in [0.2, 0.25) is 0 Å². The van der Waals surface area contributed by atoms with Crippen LogP contribution in [0.3, 0.4) is 0 Å². The second-order valence-electron chi connectivity index (χ2n) is 4.43. The minimum absolute atomic E-state index is 0.0489. The molecule has 0 aliphatic carbocycles. The minimum atomic E-state index is -1.10. The maximum atomic E-state index is 13.7. The molecule has 0 aliphatic rings. The van der Waals surface area contributed by atoms with Crippen molar-refractivity contribution in [1.82, 2.24) is 0 Å². The molecule has 0 fully saturated rings. The molecule has 4 heteroatoms. The van der Waals surface area contributed by atoms with Crippen molar-refractivity contribution >= 4 is 11.6 Å². The Morgan fingerprint density at radius 1 is 1.21 bits per heavy atom. The van der Waals surface area contributed by atoms with Crippen LogP contribution in [0.15, 0.2) is 36.4 Å². The molecule has 0 saturated carbocycles. The number of aliphatic hydroxyl groups excluding tert-OH is 1. The Morgan fingerprint density at radius 2 is 1.95 bits per heavy atom. The molecule has 1 nitrogen and oxygen atoms in total. The van der Waals surface area contributed by atoms with Crippen LogP contribution in [-0.2, 0) is 6.42 Å². The number of hydrogen-bond donors (Lipinski definition) is 1. The molecular formula is C15H13ClF2O. The molecule has 1 N–H and O–H groups in total. The SMILES string of the molecule is Cc1ccc(F)cc1CC(O)c1c(F)cccc1Cl. The molecule has 1 unspecified atom stereocenters. The zero-order chi connectivity index (χ0) is 14.0. The van der Waals surface area contributed by atoms with Crippen molar-refractivity contribution in [3.05, 3.63) is 69.7 Å². The highest BCUT2D eigenvalue weighted by Gasteiger charge is 2.18. The van der Waals surface area contributed by atoms with Gasteiger partial charge in [-0.1, -0.05) is 23.7 Å². The molecule has 19 heavy (non-hydrogen) atoms. The molecule has 2 aromatic carbocycles. The van der Waals surface area contributed by atoms with Gasteiger partial charge in [0.15, 0.2) is 0 Å². The Morgan fingerprint density at radius 3 is 2.63 bits per heavy atom. The van der Waals surface area contributed by atoms with Crippen LogP contribution in [0, 0.1) is 18.6 Å². The smallest absolute Gasteiger partial charge is 0.130 e. The molecule has 0 bridgehead atoms. The Kier molecular flexibility index (Phi) is 4.17. The topological polar surface area (TPSA) is 20.2 Å². The van der Waals surface area contributed by atoms with Gasteiger partial charge in [-0.05, 0) is 42.3 Å². The predicted molar refractivity (Wildman–Crippen MR) is 71.2 cm³/mol. The lowest BCUT2D eigenvalue weighted by molar-refractivity contribution is 0.173. The number of hydrogen-bond acceptors (Lipinski definition) is 1. The number of rotatable bonds is 3. The maximum absolute atomic E-state index is 13.7. The van der Waals surface area contributed by atoms with Crippen LogP contribution in [0.5, 0.6) is 0 Å². The number of aryl methyl sites for hydroxylation is 1. The summed E-state index contributed by atoms with van der Waals surface area (Å²) in [7, 11) is 0. The summed E-state index contributed by atoms with van der Waals surface area (Å²) in [5, 5.41) is 10.3. The van der Waals surface area contributed by atoms with Gasteiger partial charge in [-0.2, -0.15) is 0 Å². The van der Waals surface area contributed by atoms with Crippen LogP contribution in [0.2, 0.25) is 5.02 Å². The molecule has 0 heterocycles. The van der Waals surface area contributed by atoms with E-state index in [4.69, 9.17) is 11.6 Å². The van der Waals surface area contributed by atoms with Crippen molar-refractivity contribution in [2.75, 3.05) is 0 Å². The van der Waals surface area contributed by atoms with E-state index in [1.807, 2.05) is 6.92 Å². The lowest BCUT2D eigenvalue weighted by Gasteiger charge is -2.15. The van der Waals surface area contributed by atoms with Crippen molar-refractivity contribution in [1.29, 1.82) is 0 Å². The van der Waals surface area contributed by atoms with Gasteiger partial charge in [-0.3, -0.25) is 0 Å². The van der Waals surface area contributed by atoms with Gasteiger partial charge in [0.05, 0.1) is 6.10 Å². The Labute approximate surface area is 115 Å². The van der Waals surface area contributed by atoms with Crippen LogP contribution in [0.4, 0.5) is 8.78 Å². The van der Waals surface area contributed by atoms with Gasteiger partial charge in [0.25, 0.3) is 0 Å². The highest BCUT2D eigenvalue weighted by atomic mass is 35.5. The lowest BCUT2D eigenvalue weighted by atomic mass is 9.97. The van der Waals surface area contributed by atoms with Crippen molar-refractivity contribution in [3.8, 4) is 0 Å². The van der Waals surface area contributed by atoms with Crippen LogP contribution in [0.25, 0.3) is 0 Å². The maximum Gasteiger partial charge on any atom is 0.130 e. The second kappa shape index (κ2) is 5.68. The average molecular weight is 283 g/mol. The van der Waals surface area contributed by atoms with Crippen LogP contribution in [0.1, 0.15) is 22.8 Å². The van der Waals surface area contributed by atoms with Crippen molar-refractivity contribution in [2.45, 2.75) is 19.4 Å². The van der Waals surface area contributed by atoms with Crippen molar-refractivity contribution in [2.24, 2.45) is 0 Å². The summed E-state index contributed by atoms with van der Waals surface area (Å²) in [5.41, 5.74) is 1.52. The molecule has 0 aromatic heterocycles. The molecule has 2 rings (SSSR count). The summed E-state index contributed by atoms with van der Waals surface area (Å²) >= 11 is 5.89. The molecule has 100 valence electrons. The molecule has 1 atom stereocenters. The third-order valence-electron chi connectivity index (χ3n) is 3.06. The molecule has 0 radical (unpaired) electrons. The van der Waals surface area contributed by atoms with Gasteiger partial charge in [0.1, 0.15) is 11.6 Å². The zero-order valence-electron chi connectivity index (χ0n) is 10.3. The third kappa shape index (κ3) is 3.11. The number of aliphatic hydroxyl groups is 1. The second-order valence-corrected chi connectivity index (χ2v) is 4.83. The van der Waals surface area contributed by atoms with E-state index in [-0.39, 0.29) is 22.8 Å². The molecule has 2 aromatic rings. The normalized spacial score (nSPS) is 12.5. The summed E-state index contributed by atoms with van der Waals surface area (Å²) in [6.45, 7) is 1.81. The fourth-order valence-electron chi connectivity index (χ4n) is 2.00. The van der Waals surface area contributed by atoms with Gasteiger partial charge in [-0.15, -0.1) is 0 Å². The first-order valence-electron chi connectivity index (χ1n) is 5.86. The molecule has 0 spiro atoms. The Bertz CT molecular complexity index is 578. The van der Waals surface area contributed by atoms with Crippen molar-refractivity contribution < 1.29 is 13.9 Å². The Balaban J connectivity index is 2.31. The molecule has 0 amide bonds. The van der Waals surface area contributed by atoms with E-state index in [2.05, 4.69) is 0 Å². The number of benzene rings is 2. The number of halogens is 3. The van der Waals surface area contributed by atoms with E-state index in [9.17, 15) is 13.9 Å². The molecule has 0 aliphatic heterocycles. The highest BCUT2D eigenvalue weighted by molar-refractivity contribution is 6.31. The molecular weight excluding hydrogens is 270 g/mol. The lowest BCUT2D eigenvalue weighted by Crippen LogP contribution is -2.06. The van der Waals surface area contributed by atoms with E-state index in [1.54, 1.807) is 6.07 Å². The minimum Gasteiger partial charge on any atom is -0.388 e. The summed E-state index contributed by atoms with van der Waals surface area (Å²) in [5.74, 6) is -0.943. The third-order valence-corrected chi connectivity index (χ3v) is 3.39. The van der Waals surface area contributed by atoms with Crippen LogP contribution in [-0.4, -0.2) is 5.11 Å². The highest BCUT2D eigenvalue weighted by Crippen LogP contribution is 2.29. The quantitative estimate of drug-likeness (QED) is 0.894. The zero-order valence-corrected chi connectivity index (χ0v) is 11.1.